The summed E-state index contributed by atoms with van der Waals surface area (Å²) in [5, 5.41) is 32.7. The zero-order valence-corrected chi connectivity index (χ0v) is 32.8. The molecule has 0 aromatic heterocycles. The second kappa shape index (κ2) is 17.3. The Morgan fingerprint density at radius 2 is 0.982 bits per heavy atom. The molecule has 2 saturated carbocycles. The molecule has 2 fully saturated rings. The van der Waals surface area contributed by atoms with Gasteiger partial charge in [0.2, 0.25) is 0 Å². The summed E-state index contributed by atoms with van der Waals surface area (Å²) in [6, 6.07) is 10.6. The molecule has 5 aromatic carbocycles. The van der Waals surface area contributed by atoms with Crippen LogP contribution in [0.15, 0.2) is 48.6 Å². The lowest BCUT2D eigenvalue weighted by Crippen LogP contribution is -2.37. The van der Waals surface area contributed by atoms with E-state index in [1.807, 2.05) is 30.4 Å². The molecule has 0 atom stereocenters. The molecule has 0 aliphatic heterocycles. The van der Waals surface area contributed by atoms with Crippen LogP contribution in [0.1, 0.15) is 169 Å². The zero-order valence-electron chi connectivity index (χ0n) is 32.8. The lowest BCUT2D eigenvalue weighted by atomic mass is 9.80. The molecule has 0 bridgehead atoms. The second-order valence-electron chi connectivity index (χ2n) is 15.9. The number of amides is 2. The van der Waals surface area contributed by atoms with Crippen molar-refractivity contribution in [2.24, 2.45) is 0 Å². The number of hydrogen-bond donors (Lipinski definition) is 4. The minimum Gasteiger partial charge on any atom is -0.478 e. The first kappa shape index (κ1) is 39.0. The van der Waals surface area contributed by atoms with E-state index in [-0.39, 0.29) is 40.4 Å². The predicted octanol–water partition coefficient (Wildman–Crippen LogP) is 11.7. The van der Waals surface area contributed by atoms with Crippen molar-refractivity contribution in [2.45, 2.75) is 129 Å². The fourth-order valence-corrected chi connectivity index (χ4v) is 9.23. The highest BCUT2D eigenvalue weighted by Gasteiger charge is 2.30. The van der Waals surface area contributed by atoms with E-state index in [0.717, 1.165) is 124 Å². The number of aromatic carboxylic acids is 2. The van der Waals surface area contributed by atoms with E-state index in [1.165, 1.54) is 6.07 Å². The quantitative estimate of drug-likeness (QED) is 0.0507. The maximum atomic E-state index is 14.7. The van der Waals surface area contributed by atoms with Gasteiger partial charge in [-0.15, -0.1) is 0 Å². The molecule has 2 aliphatic carbocycles. The summed E-state index contributed by atoms with van der Waals surface area (Å²) in [5.41, 5.74) is 2.11. The van der Waals surface area contributed by atoms with Gasteiger partial charge in [-0.05, 0) is 106 Å². The normalized spacial score (nSPS) is 15.9. The van der Waals surface area contributed by atoms with E-state index in [4.69, 9.17) is 0 Å². The molecular weight excluding hydrogens is 701 g/mol. The largest absolute Gasteiger partial charge is 0.478 e. The highest BCUT2D eigenvalue weighted by Crippen LogP contribution is 2.47. The van der Waals surface area contributed by atoms with Crippen molar-refractivity contribution in [1.29, 1.82) is 0 Å². The predicted molar refractivity (Wildman–Crippen MR) is 227 cm³/mol. The Morgan fingerprint density at radius 3 is 1.45 bits per heavy atom. The van der Waals surface area contributed by atoms with Crippen molar-refractivity contribution in [3.63, 3.8) is 0 Å². The highest BCUT2D eigenvalue weighted by molar-refractivity contribution is 6.40. The number of fused-ring (bicyclic) bond motifs is 2. The number of carbonyl (C=O) groups excluding carboxylic acids is 2. The molecule has 56 heavy (non-hydrogen) atoms. The van der Waals surface area contributed by atoms with Crippen molar-refractivity contribution in [3.8, 4) is 0 Å². The molecule has 0 heterocycles. The average Bonchev–Trinajstić information content (AvgIpc) is 3.20. The first-order valence-electron chi connectivity index (χ1n) is 20.9. The summed E-state index contributed by atoms with van der Waals surface area (Å²) >= 11 is 0. The Kier molecular flexibility index (Phi) is 12.0. The number of allylic oxidation sites excluding steroid dienone is 2. The lowest BCUT2D eigenvalue weighted by Gasteiger charge is -2.26. The van der Waals surface area contributed by atoms with Gasteiger partial charge < -0.3 is 20.8 Å². The van der Waals surface area contributed by atoms with Gasteiger partial charge in [-0.2, -0.15) is 0 Å². The monoisotopic (exact) mass is 754 g/mol. The molecule has 5 aromatic rings. The number of carboxylic acids is 2. The Labute approximate surface area is 328 Å². The number of carboxylic acid groups (broad SMARTS) is 2. The second-order valence-corrected chi connectivity index (χ2v) is 15.9. The Hall–Kier alpha value is -5.24. The van der Waals surface area contributed by atoms with Crippen LogP contribution in [-0.2, 0) is 0 Å². The van der Waals surface area contributed by atoms with Crippen LogP contribution in [0.5, 0.6) is 0 Å². The number of nitrogens with one attached hydrogen (secondary N) is 2. The van der Waals surface area contributed by atoms with Crippen LogP contribution < -0.4 is 10.6 Å². The molecule has 292 valence electrons. The molecule has 8 nitrogen and oxygen atoms in total. The van der Waals surface area contributed by atoms with Crippen LogP contribution in [0.4, 0.5) is 0 Å². The number of carbonyl (C=O) groups is 4. The van der Waals surface area contributed by atoms with Gasteiger partial charge in [0.05, 0.1) is 11.1 Å². The van der Waals surface area contributed by atoms with Crippen molar-refractivity contribution in [2.75, 3.05) is 0 Å². The maximum absolute atomic E-state index is 14.7. The minimum atomic E-state index is -1.21. The lowest BCUT2D eigenvalue weighted by molar-refractivity contribution is 0.0695. The van der Waals surface area contributed by atoms with E-state index in [1.54, 1.807) is 18.2 Å². The average molecular weight is 755 g/mol. The third-order valence-corrected chi connectivity index (χ3v) is 12.0. The van der Waals surface area contributed by atoms with Crippen molar-refractivity contribution in [1.82, 2.24) is 10.6 Å². The molecular formula is C48H54N2O6. The molecule has 8 heteroatoms. The Bertz CT molecular complexity index is 2360. The van der Waals surface area contributed by atoms with E-state index in [2.05, 4.69) is 30.6 Å². The van der Waals surface area contributed by atoms with Crippen LogP contribution in [0.3, 0.4) is 0 Å². The standard InChI is InChI=1S/C48H54N2O6/c1-3-5-7-11-17-29-27-37(46(52)50-32-21-15-10-16-22-32)41-35(45(51)49-31-19-13-9-14-20-31)25-23-33-40-30(18-12-8-6-4-2)28-38(48(55)56)42-36(47(53)54)26-24-34(44(40)42)39(29)43(33)41/h11-12,17-18,23-28,31-32H,3-10,13-16,19-22H2,1-2H3,(H,49,51)(H,50,52)(H,53,54)(H,55,56). The van der Waals surface area contributed by atoms with Crippen LogP contribution in [0.25, 0.3) is 55.2 Å². The first-order valence-corrected chi connectivity index (χ1v) is 20.9. The molecule has 4 N–H and O–H groups in total. The summed E-state index contributed by atoms with van der Waals surface area (Å²) in [7, 11) is 0. The van der Waals surface area contributed by atoms with Gasteiger partial charge >= 0.3 is 11.9 Å². The first-order chi connectivity index (χ1) is 27.2. The van der Waals surface area contributed by atoms with Crippen LogP contribution >= 0.6 is 0 Å². The summed E-state index contributed by atoms with van der Waals surface area (Å²) < 4.78 is 0. The van der Waals surface area contributed by atoms with Gasteiger partial charge in [0.15, 0.2) is 0 Å². The number of hydrogen-bond acceptors (Lipinski definition) is 4. The van der Waals surface area contributed by atoms with Gasteiger partial charge in [-0.1, -0.05) is 114 Å². The SMILES string of the molecule is CCCCC=Cc1cc(C(=O)O)c2c(C(=O)O)ccc3c4c(C=CCCCC)cc(C(=O)NC5CCCCC5)c5c(C(=O)NC6CCCCC6)ccc(c1c23)c54. The molecule has 2 aliphatic rings. The van der Waals surface area contributed by atoms with Crippen molar-refractivity contribution < 1.29 is 29.4 Å². The zero-order chi connectivity index (χ0) is 39.3. The van der Waals surface area contributed by atoms with E-state index in [0.29, 0.717) is 38.2 Å². The van der Waals surface area contributed by atoms with Crippen LogP contribution in [-0.4, -0.2) is 46.0 Å². The van der Waals surface area contributed by atoms with Gasteiger partial charge in [0.1, 0.15) is 0 Å². The Balaban J connectivity index is 1.64. The van der Waals surface area contributed by atoms with E-state index < -0.39 is 11.9 Å². The molecule has 0 spiro atoms. The Morgan fingerprint density at radius 1 is 0.554 bits per heavy atom. The van der Waals surface area contributed by atoms with Gasteiger partial charge in [0, 0.05) is 34.0 Å². The van der Waals surface area contributed by atoms with E-state index >= 15 is 0 Å². The van der Waals surface area contributed by atoms with Crippen LogP contribution in [0, 0.1) is 0 Å². The summed E-state index contributed by atoms with van der Waals surface area (Å²) in [6.45, 7) is 4.26. The molecule has 0 radical (unpaired) electrons. The smallest absolute Gasteiger partial charge is 0.336 e. The summed E-state index contributed by atoms with van der Waals surface area (Å²) in [6.07, 6.45) is 23.9. The maximum Gasteiger partial charge on any atom is 0.336 e. The highest BCUT2D eigenvalue weighted by atomic mass is 16.4. The molecule has 0 unspecified atom stereocenters. The van der Waals surface area contributed by atoms with Crippen molar-refractivity contribution in [3.05, 3.63) is 81.9 Å². The number of benzene rings is 5. The van der Waals surface area contributed by atoms with Gasteiger partial charge in [-0.25, -0.2) is 9.59 Å². The number of rotatable bonds is 14. The van der Waals surface area contributed by atoms with Gasteiger partial charge in [-0.3, -0.25) is 9.59 Å². The number of unbranched alkanes of at least 4 members (excludes halogenated alkanes) is 4. The molecule has 0 saturated heterocycles. The summed E-state index contributed by atoms with van der Waals surface area (Å²) in [5.74, 6) is -2.85. The van der Waals surface area contributed by atoms with Crippen LogP contribution in [0.2, 0.25) is 0 Å². The fraction of sp³-hybridized carbons (Fsp3) is 0.417. The van der Waals surface area contributed by atoms with Gasteiger partial charge in [0.25, 0.3) is 11.8 Å². The topological polar surface area (TPSA) is 133 Å². The van der Waals surface area contributed by atoms with Crippen molar-refractivity contribution >= 4 is 79.0 Å². The molecule has 7 rings (SSSR count). The summed E-state index contributed by atoms with van der Waals surface area (Å²) in [4.78, 5) is 55.0. The minimum absolute atomic E-state index is 0.0448. The fourth-order valence-electron chi connectivity index (χ4n) is 9.23. The van der Waals surface area contributed by atoms with E-state index in [9.17, 15) is 29.4 Å². The molecule has 2 amide bonds. The third kappa shape index (κ3) is 7.63. The third-order valence-electron chi connectivity index (χ3n) is 12.0.